The molecule has 0 N–H and O–H groups in total. The normalized spacial score (nSPS) is 11.1. The average molecular weight is 400 g/mol. The Morgan fingerprint density at radius 1 is 0.933 bits per heavy atom. The molecule has 4 aromatic rings. The van der Waals surface area contributed by atoms with Crippen LogP contribution in [0.5, 0.6) is 5.75 Å². The average Bonchev–Trinajstić information content (AvgIpc) is 2.78. The van der Waals surface area contributed by atoms with Crippen LogP contribution < -0.4 is 10.3 Å². The number of benzene rings is 1. The van der Waals surface area contributed by atoms with E-state index in [1.165, 1.54) is 0 Å². The van der Waals surface area contributed by atoms with Gasteiger partial charge in [-0.25, -0.2) is 0 Å². The van der Waals surface area contributed by atoms with E-state index in [1.807, 2.05) is 48.8 Å². The van der Waals surface area contributed by atoms with E-state index < -0.39 is 0 Å². The van der Waals surface area contributed by atoms with Gasteiger partial charge in [-0.05, 0) is 47.5 Å². The number of ether oxygens (including phenoxy) is 1. The van der Waals surface area contributed by atoms with Crippen molar-refractivity contribution in [2.75, 3.05) is 13.2 Å². The first-order valence-electron chi connectivity index (χ1n) is 9.92. The highest BCUT2D eigenvalue weighted by molar-refractivity contribution is 5.80. The van der Waals surface area contributed by atoms with Crippen molar-refractivity contribution in [2.45, 2.75) is 13.1 Å². The van der Waals surface area contributed by atoms with Gasteiger partial charge in [-0.15, -0.1) is 0 Å². The highest BCUT2D eigenvalue weighted by atomic mass is 16.5. The maximum absolute atomic E-state index is 11.8. The number of fused-ring (bicyclic) bond motifs is 1. The Bertz CT molecular complexity index is 1120. The van der Waals surface area contributed by atoms with Crippen LogP contribution in [0.15, 0.2) is 84.2 Å². The van der Waals surface area contributed by atoms with Gasteiger partial charge >= 0.3 is 0 Å². The van der Waals surface area contributed by atoms with E-state index in [0.29, 0.717) is 6.61 Å². The van der Waals surface area contributed by atoms with Crippen molar-refractivity contribution in [3.05, 3.63) is 101 Å². The number of hydrogen-bond donors (Lipinski definition) is 0. The Labute approximate surface area is 175 Å². The third-order valence-corrected chi connectivity index (χ3v) is 5.03. The summed E-state index contributed by atoms with van der Waals surface area (Å²) in [5.41, 5.74) is 3.20. The summed E-state index contributed by atoms with van der Waals surface area (Å²) in [6.07, 6.45) is 7.36. The largest absolute Gasteiger partial charge is 0.492 e. The van der Waals surface area contributed by atoms with Gasteiger partial charge in [0.2, 0.25) is 0 Å². The minimum absolute atomic E-state index is 0.0161. The highest BCUT2D eigenvalue weighted by Gasteiger charge is 2.09. The lowest BCUT2D eigenvalue weighted by molar-refractivity contribution is 0.196. The second-order valence-electron chi connectivity index (χ2n) is 7.23. The first-order chi connectivity index (χ1) is 14.7. The van der Waals surface area contributed by atoms with Gasteiger partial charge in [0.15, 0.2) is 0 Å². The van der Waals surface area contributed by atoms with E-state index >= 15 is 0 Å². The summed E-state index contributed by atoms with van der Waals surface area (Å²) in [6.45, 7) is 2.88. The van der Waals surface area contributed by atoms with Crippen LogP contribution in [0.1, 0.15) is 11.1 Å². The lowest BCUT2D eigenvalue weighted by atomic mass is 10.2. The smallest absolute Gasteiger partial charge is 0.250 e. The molecule has 0 aliphatic carbocycles. The van der Waals surface area contributed by atoms with Crippen LogP contribution in [0.2, 0.25) is 0 Å². The van der Waals surface area contributed by atoms with E-state index in [-0.39, 0.29) is 5.56 Å². The van der Waals surface area contributed by atoms with Crippen LogP contribution in [0.3, 0.4) is 0 Å². The molecule has 0 aliphatic rings. The lowest BCUT2D eigenvalue weighted by Crippen LogP contribution is -2.28. The Hall–Kier alpha value is -3.51. The van der Waals surface area contributed by atoms with Crippen molar-refractivity contribution in [3.8, 4) is 5.75 Å². The van der Waals surface area contributed by atoms with Gasteiger partial charge in [0, 0.05) is 62.9 Å². The highest BCUT2D eigenvalue weighted by Crippen LogP contribution is 2.19. The standard InChI is InChI=1S/C24H24N4O2/c1-27-23-8-7-22(14-21(23)6-9-24(27)29)30-13-12-28(17-19-4-2-10-25-15-19)18-20-5-3-11-26-16-20/h2-11,14-16H,12-13,17-18H2,1H3. The van der Waals surface area contributed by atoms with Crippen LogP contribution >= 0.6 is 0 Å². The molecule has 0 bridgehead atoms. The van der Waals surface area contributed by atoms with Crippen LogP contribution in [-0.2, 0) is 20.1 Å². The second kappa shape index (κ2) is 9.33. The molecule has 30 heavy (non-hydrogen) atoms. The van der Waals surface area contributed by atoms with Gasteiger partial charge in [0.05, 0.1) is 5.52 Å². The number of aromatic nitrogens is 3. The van der Waals surface area contributed by atoms with Crippen molar-refractivity contribution in [1.29, 1.82) is 0 Å². The first-order valence-corrected chi connectivity index (χ1v) is 9.92. The summed E-state index contributed by atoms with van der Waals surface area (Å²) < 4.78 is 7.67. The van der Waals surface area contributed by atoms with E-state index in [2.05, 4.69) is 27.0 Å². The minimum Gasteiger partial charge on any atom is -0.492 e. The van der Waals surface area contributed by atoms with Crippen molar-refractivity contribution in [2.24, 2.45) is 7.05 Å². The SMILES string of the molecule is Cn1c(=O)ccc2cc(OCCN(Cc3cccnc3)Cc3cccnc3)ccc21. The molecule has 3 heterocycles. The summed E-state index contributed by atoms with van der Waals surface area (Å²) in [4.78, 5) is 22.5. The predicted octanol–water partition coefficient (Wildman–Crippen LogP) is 3.41. The number of rotatable bonds is 8. The molecule has 0 saturated carbocycles. The van der Waals surface area contributed by atoms with E-state index in [9.17, 15) is 4.79 Å². The lowest BCUT2D eigenvalue weighted by Gasteiger charge is -2.22. The zero-order valence-electron chi connectivity index (χ0n) is 16.9. The molecular formula is C24H24N4O2. The molecule has 1 aromatic carbocycles. The molecule has 0 atom stereocenters. The third kappa shape index (κ3) is 4.90. The fraction of sp³-hybridized carbons (Fsp3) is 0.208. The molecule has 6 heteroatoms. The van der Waals surface area contributed by atoms with Crippen LogP contribution in [0, 0.1) is 0 Å². The third-order valence-electron chi connectivity index (χ3n) is 5.03. The molecule has 4 rings (SSSR count). The Kier molecular flexibility index (Phi) is 6.15. The molecule has 3 aromatic heterocycles. The maximum Gasteiger partial charge on any atom is 0.250 e. The molecule has 0 aliphatic heterocycles. The van der Waals surface area contributed by atoms with Gasteiger partial charge in [-0.2, -0.15) is 0 Å². The summed E-state index contributed by atoms with van der Waals surface area (Å²) in [5.74, 6) is 0.795. The Morgan fingerprint density at radius 2 is 1.63 bits per heavy atom. The van der Waals surface area contributed by atoms with E-state index in [0.717, 1.165) is 47.4 Å². The fourth-order valence-electron chi connectivity index (χ4n) is 3.46. The number of hydrogen-bond acceptors (Lipinski definition) is 5. The van der Waals surface area contributed by atoms with Gasteiger partial charge in [0.25, 0.3) is 5.56 Å². The first kappa shape index (κ1) is 19.8. The summed E-state index contributed by atoms with van der Waals surface area (Å²) >= 11 is 0. The number of pyridine rings is 3. The van der Waals surface area contributed by atoms with Gasteiger partial charge in [-0.3, -0.25) is 19.7 Å². The van der Waals surface area contributed by atoms with Crippen LogP contribution in [0.25, 0.3) is 10.9 Å². The van der Waals surface area contributed by atoms with Crippen LogP contribution in [0.4, 0.5) is 0 Å². The molecular weight excluding hydrogens is 376 g/mol. The van der Waals surface area contributed by atoms with E-state index in [1.54, 1.807) is 30.1 Å². The molecule has 0 saturated heterocycles. The van der Waals surface area contributed by atoms with Gasteiger partial charge in [-0.1, -0.05) is 12.1 Å². The zero-order valence-corrected chi connectivity index (χ0v) is 16.9. The molecule has 152 valence electrons. The minimum atomic E-state index is -0.0161. The Morgan fingerprint density at radius 3 is 2.27 bits per heavy atom. The molecule has 0 unspecified atom stereocenters. The molecule has 6 nitrogen and oxygen atoms in total. The quantitative estimate of drug-likeness (QED) is 0.454. The topological polar surface area (TPSA) is 60.2 Å². The van der Waals surface area contributed by atoms with E-state index in [4.69, 9.17) is 4.74 Å². The molecule has 0 spiro atoms. The number of nitrogens with zero attached hydrogens (tertiary/aromatic N) is 4. The van der Waals surface area contributed by atoms with Crippen molar-refractivity contribution in [3.63, 3.8) is 0 Å². The Balaban J connectivity index is 1.43. The van der Waals surface area contributed by atoms with Crippen molar-refractivity contribution < 1.29 is 4.74 Å². The van der Waals surface area contributed by atoms with Gasteiger partial charge in [0.1, 0.15) is 12.4 Å². The van der Waals surface area contributed by atoms with Crippen molar-refractivity contribution >= 4 is 10.9 Å². The number of aryl methyl sites for hydroxylation is 1. The van der Waals surface area contributed by atoms with Gasteiger partial charge < -0.3 is 9.30 Å². The zero-order chi connectivity index (χ0) is 20.8. The monoisotopic (exact) mass is 400 g/mol. The predicted molar refractivity (Wildman–Crippen MR) is 117 cm³/mol. The molecule has 0 radical (unpaired) electrons. The van der Waals surface area contributed by atoms with Crippen molar-refractivity contribution in [1.82, 2.24) is 19.4 Å². The summed E-state index contributed by atoms with van der Waals surface area (Å²) in [6, 6.07) is 17.3. The summed E-state index contributed by atoms with van der Waals surface area (Å²) in [7, 11) is 1.78. The summed E-state index contributed by atoms with van der Waals surface area (Å²) in [5, 5.41) is 0.983. The molecule has 0 fully saturated rings. The molecule has 0 amide bonds. The fourth-order valence-corrected chi connectivity index (χ4v) is 3.46. The maximum atomic E-state index is 11.8. The van der Waals surface area contributed by atoms with Crippen LogP contribution in [-0.4, -0.2) is 32.6 Å². The second-order valence-corrected chi connectivity index (χ2v) is 7.23.